The Morgan fingerprint density at radius 2 is 2.04 bits per heavy atom. The van der Waals surface area contributed by atoms with Gasteiger partial charge in [-0.05, 0) is 32.4 Å². The summed E-state index contributed by atoms with van der Waals surface area (Å²) in [6.07, 6.45) is -2.79. The van der Waals surface area contributed by atoms with Crippen LogP contribution in [-0.2, 0) is 16.1 Å². The minimum atomic E-state index is -2.79. The van der Waals surface area contributed by atoms with Crippen LogP contribution in [0.2, 0.25) is 0 Å². The molecule has 2 heterocycles. The highest BCUT2D eigenvalue weighted by Crippen LogP contribution is 2.33. The molecule has 11 heteroatoms. The van der Waals surface area contributed by atoms with Gasteiger partial charge in [-0.15, -0.1) is 11.3 Å². The number of thiophene rings is 1. The molecule has 27 heavy (non-hydrogen) atoms. The number of nitrogens with two attached hydrogens (primary N) is 1. The predicted molar refractivity (Wildman–Crippen MR) is 94.1 cm³/mol. The Labute approximate surface area is 157 Å². The standard InChI is InChI=1S/C16H18F2N4O4S/c1-4-26-16(25)11-8(3)12(14(19)24)27-15(11)20-10(23)6-22-9(13(17)18)5-7(2)21-22/h5,13H,4,6H2,1-3H3,(H2,19,24)(H,20,23). The third kappa shape index (κ3) is 4.48. The summed E-state index contributed by atoms with van der Waals surface area (Å²) in [5.74, 6) is -2.17. The summed E-state index contributed by atoms with van der Waals surface area (Å²) in [7, 11) is 0. The largest absolute Gasteiger partial charge is 0.462 e. The lowest BCUT2D eigenvalue weighted by molar-refractivity contribution is -0.117. The van der Waals surface area contributed by atoms with E-state index in [0.29, 0.717) is 5.69 Å². The lowest BCUT2D eigenvalue weighted by atomic mass is 10.1. The first-order chi connectivity index (χ1) is 12.6. The van der Waals surface area contributed by atoms with E-state index in [0.717, 1.165) is 16.0 Å². The smallest absolute Gasteiger partial charge is 0.341 e. The Kier molecular flexibility index (Phi) is 6.26. The van der Waals surface area contributed by atoms with Gasteiger partial charge in [0.2, 0.25) is 5.91 Å². The van der Waals surface area contributed by atoms with Crippen molar-refractivity contribution in [2.24, 2.45) is 5.73 Å². The Morgan fingerprint density at radius 3 is 2.59 bits per heavy atom. The number of alkyl halides is 2. The third-order valence-corrected chi connectivity index (χ3v) is 4.78. The van der Waals surface area contributed by atoms with E-state index in [-0.39, 0.29) is 27.6 Å². The van der Waals surface area contributed by atoms with Crippen molar-refractivity contribution in [2.45, 2.75) is 33.7 Å². The Morgan fingerprint density at radius 1 is 1.37 bits per heavy atom. The normalized spacial score (nSPS) is 10.9. The molecule has 0 aliphatic rings. The van der Waals surface area contributed by atoms with Crippen LogP contribution in [0.3, 0.4) is 0 Å². The van der Waals surface area contributed by atoms with Gasteiger partial charge in [-0.25, -0.2) is 13.6 Å². The highest BCUT2D eigenvalue weighted by Gasteiger charge is 2.26. The predicted octanol–water partition coefficient (Wildman–Crippen LogP) is 2.41. The van der Waals surface area contributed by atoms with Crippen molar-refractivity contribution in [3.8, 4) is 0 Å². The van der Waals surface area contributed by atoms with Gasteiger partial charge < -0.3 is 15.8 Å². The van der Waals surface area contributed by atoms with Gasteiger partial charge in [0.25, 0.3) is 12.3 Å². The van der Waals surface area contributed by atoms with Crippen molar-refractivity contribution in [3.63, 3.8) is 0 Å². The third-order valence-electron chi connectivity index (χ3n) is 3.55. The molecule has 0 unspecified atom stereocenters. The van der Waals surface area contributed by atoms with Gasteiger partial charge in [-0.2, -0.15) is 5.10 Å². The number of amides is 2. The fourth-order valence-electron chi connectivity index (χ4n) is 2.46. The van der Waals surface area contributed by atoms with Crippen LogP contribution < -0.4 is 11.1 Å². The molecule has 0 aliphatic carbocycles. The molecule has 3 N–H and O–H groups in total. The maximum Gasteiger partial charge on any atom is 0.341 e. The number of carbonyl (C=O) groups excluding carboxylic acids is 3. The molecule has 0 aromatic carbocycles. The van der Waals surface area contributed by atoms with Gasteiger partial charge in [0.05, 0.1) is 22.7 Å². The maximum absolute atomic E-state index is 13.0. The van der Waals surface area contributed by atoms with Crippen LogP contribution >= 0.6 is 11.3 Å². The number of esters is 1. The SMILES string of the molecule is CCOC(=O)c1c(NC(=O)Cn2nc(C)cc2C(F)F)sc(C(N)=O)c1C. The topological polar surface area (TPSA) is 116 Å². The van der Waals surface area contributed by atoms with Crippen molar-refractivity contribution in [2.75, 3.05) is 11.9 Å². The lowest BCUT2D eigenvalue weighted by Crippen LogP contribution is -2.22. The second kappa shape index (κ2) is 8.25. The second-order valence-electron chi connectivity index (χ2n) is 5.56. The summed E-state index contributed by atoms with van der Waals surface area (Å²) in [4.78, 5) is 36.1. The number of hydrogen-bond donors (Lipinski definition) is 2. The molecule has 0 aliphatic heterocycles. The Hall–Kier alpha value is -2.82. The number of primary amides is 1. The summed E-state index contributed by atoms with van der Waals surface area (Å²) >= 11 is 0.818. The monoisotopic (exact) mass is 400 g/mol. The molecule has 146 valence electrons. The first kappa shape index (κ1) is 20.5. The van der Waals surface area contributed by atoms with Crippen molar-refractivity contribution in [3.05, 3.63) is 33.5 Å². The van der Waals surface area contributed by atoms with E-state index in [4.69, 9.17) is 10.5 Å². The van der Waals surface area contributed by atoms with Gasteiger partial charge in [-0.1, -0.05) is 0 Å². The molecule has 0 fully saturated rings. The minimum Gasteiger partial charge on any atom is -0.462 e. The van der Waals surface area contributed by atoms with E-state index in [2.05, 4.69) is 10.4 Å². The van der Waals surface area contributed by atoms with Crippen molar-refractivity contribution >= 4 is 34.1 Å². The second-order valence-corrected chi connectivity index (χ2v) is 6.58. The molecule has 2 aromatic heterocycles. The number of hydrogen-bond acceptors (Lipinski definition) is 6. The van der Waals surface area contributed by atoms with Gasteiger partial charge in [0.1, 0.15) is 17.2 Å². The Bertz CT molecular complexity index is 891. The number of nitrogens with zero attached hydrogens (tertiary/aromatic N) is 2. The number of halogens is 2. The summed E-state index contributed by atoms with van der Waals surface area (Å²) in [6, 6.07) is 1.18. The summed E-state index contributed by atoms with van der Waals surface area (Å²) < 4.78 is 31.9. The molecule has 0 radical (unpaired) electrons. The number of ether oxygens (including phenoxy) is 1. The highest BCUT2D eigenvalue weighted by molar-refractivity contribution is 7.18. The molecule has 0 spiro atoms. The van der Waals surface area contributed by atoms with Crippen LogP contribution in [0.15, 0.2) is 6.07 Å². The van der Waals surface area contributed by atoms with Crippen LogP contribution in [0.5, 0.6) is 0 Å². The molecule has 0 bridgehead atoms. The molecule has 2 aromatic rings. The van der Waals surface area contributed by atoms with Crippen molar-refractivity contribution < 1.29 is 27.9 Å². The van der Waals surface area contributed by atoms with E-state index in [1.165, 1.54) is 19.9 Å². The number of anilines is 1. The van der Waals surface area contributed by atoms with E-state index in [9.17, 15) is 23.2 Å². The van der Waals surface area contributed by atoms with Crippen molar-refractivity contribution in [1.82, 2.24) is 9.78 Å². The van der Waals surface area contributed by atoms with Crippen LogP contribution in [0.25, 0.3) is 0 Å². The highest BCUT2D eigenvalue weighted by atomic mass is 32.1. The number of aromatic nitrogens is 2. The molecule has 2 rings (SSSR count). The zero-order valence-corrected chi connectivity index (χ0v) is 15.7. The molecule has 2 amide bonds. The maximum atomic E-state index is 13.0. The average molecular weight is 400 g/mol. The Balaban J connectivity index is 2.31. The summed E-state index contributed by atoms with van der Waals surface area (Å²) in [5.41, 5.74) is 5.53. The molecule has 8 nitrogen and oxygen atoms in total. The molecule has 0 atom stereocenters. The summed E-state index contributed by atoms with van der Waals surface area (Å²) in [5, 5.41) is 6.38. The zero-order valence-electron chi connectivity index (χ0n) is 14.8. The fourth-order valence-corrected chi connectivity index (χ4v) is 3.52. The molecular weight excluding hydrogens is 382 g/mol. The van der Waals surface area contributed by atoms with E-state index in [1.807, 2.05) is 0 Å². The quantitative estimate of drug-likeness (QED) is 0.693. The fraction of sp³-hybridized carbons (Fsp3) is 0.375. The van der Waals surface area contributed by atoms with Crippen LogP contribution in [0.1, 0.15) is 50.3 Å². The van der Waals surface area contributed by atoms with E-state index < -0.39 is 36.4 Å². The molecular formula is C16H18F2N4O4S. The first-order valence-electron chi connectivity index (χ1n) is 7.88. The number of nitrogens with one attached hydrogen (secondary N) is 1. The molecule has 0 saturated heterocycles. The molecule has 0 saturated carbocycles. The van der Waals surface area contributed by atoms with Crippen molar-refractivity contribution in [1.29, 1.82) is 0 Å². The van der Waals surface area contributed by atoms with E-state index >= 15 is 0 Å². The number of carbonyl (C=O) groups is 3. The van der Waals surface area contributed by atoms with Crippen LogP contribution in [-0.4, -0.2) is 34.2 Å². The first-order valence-corrected chi connectivity index (χ1v) is 8.70. The van der Waals surface area contributed by atoms with E-state index in [1.54, 1.807) is 6.92 Å². The van der Waals surface area contributed by atoms with Gasteiger partial charge in [0, 0.05) is 0 Å². The van der Waals surface area contributed by atoms with Crippen LogP contribution in [0, 0.1) is 13.8 Å². The zero-order chi connectivity index (χ0) is 20.3. The van der Waals surface area contributed by atoms with Crippen LogP contribution in [0.4, 0.5) is 13.8 Å². The van der Waals surface area contributed by atoms with Gasteiger partial charge in [-0.3, -0.25) is 14.3 Å². The lowest BCUT2D eigenvalue weighted by Gasteiger charge is -2.09. The summed E-state index contributed by atoms with van der Waals surface area (Å²) in [6.45, 7) is 4.25. The van der Waals surface area contributed by atoms with Gasteiger partial charge in [0.15, 0.2) is 0 Å². The minimum absolute atomic E-state index is 0.00901. The van der Waals surface area contributed by atoms with Gasteiger partial charge >= 0.3 is 5.97 Å². The average Bonchev–Trinajstić information content (AvgIpc) is 3.07. The number of rotatable bonds is 7. The number of aryl methyl sites for hydroxylation is 1.